The van der Waals surface area contributed by atoms with Gasteiger partial charge < -0.3 is 10.1 Å². The molecular weight excluding hydrogens is 336 g/mol. The molecule has 0 bridgehead atoms. The summed E-state index contributed by atoms with van der Waals surface area (Å²) in [4.78, 5) is 44.7. The van der Waals surface area contributed by atoms with E-state index in [1.807, 2.05) is 13.8 Å². The lowest BCUT2D eigenvalue weighted by Crippen LogP contribution is -2.40. The van der Waals surface area contributed by atoms with Crippen LogP contribution in [0.25, 0.3) is 11.2 Å². The normalized spacial score (nSPS) is 20.5. The van der Waals surface area contributed by atoms with Gasteiger partial charge in [-0.3, -0.25) is 18.7 Å². The number of carboxylic acids is 1. The molecule has 8 heteroatoms. The Hall–Kier alpha value is -2.38. The lowest BCUT2D eigenvalue weighted by Gasteiger charge is -2.26. The topological polar surface area (TPSA) is 110 Å². The smallest absolute Gasteiger partial charge is 0.332 e. The van der Waals surface area contributed by atoms with Crippen molar-refractivity contribution in [2.24, 2.45) is 5.92 Å². The molecule has 0 saturated heterocycles. The summed E-state index contributed by atoms with van der Waals surface area (Å²) in [6.07, 6.45) is 4.57. The van der Waals surface area contributed by atoms with Crippen molar-refractivity contribution in [3.05, 3.63) is 26.7 Å². The molecule has 2 atom stereocenters. The molecule has 1 saturated carbocycles. The average molecular weight is 362 g/mol. The highest BCUT2D eigenvalue weighted by Gasteiger charge is 2.34. The summed E-state index contributed by atoms with van der Waals surface area (Å²) in [5.74, 6) is -1.07. The largest absolute Gasteiger partial charge is 0.481 e. The zero-order chi connectivity index (χ0) is 18.8. The van der Waals surface area contributed by atoms with Crippen molar-refractivity contribution in [3.8, 4) is 0 Å². The minimum Gasteiger partial charge on any atom is -0.481 e. The van der Waals surface area contributed by atoms with Crippen molar-refractivity contribution in [1.82, 2.24) is 19.1 Å². The van der Waals surface area contributed by atoms with Crippen LogP contribution in [0.3, 0.4) is 0 Å². The first-order valence-corrected chi connectivity index (χ1v) is 9.45. The van der Waals surface area contributed by atoms with Crippen LogP contribution in [0.4, 0.5) is 0 Å². The van der Waals surface area contributed by atoms with E-state index >= 15 is 0 Å². The van der Waals surface area contributed by atoms with Gasteiger partial charge in [0.25, 0.3) is 5.56 Å². The molecule has 1 fully saturated rings. The first-order chi connectivity index (χ1) is 12.5. The number of nitrogens with zero attached hydrogens (tertiary/aromatic N) is 3. The van der Waals surface area contributed by atoms with E-state index in [4.69, 9.17) is 0 Å². The fourth-order valence-electron chi connectivity index (χ4n) is 3.96. The number of hydrogen-bond acceptors (Lipinski definition) is 4. The molecule has 1 aliphatic rings. The van der Waals surface area contributed by atoms with Crippen molar-refractivity contribution >= 4 is 17.1 Å². The number of fused-ring (bicyclic) bond motifs is 1. The Morgan fingerprint density at radius 2 is 1.81 bits per heavy atom. The van der Waals surface area contributed by atoms with Crippen molar-refractivity contribution in [3.63, 3.8) is 0 Å². The molecule has 0 spiro atoms. The molecule has 3 rings (SSSR count). The number of carboxylic acid groups (broad SMARTS) is 1. The van der Waals surface area contributed by atoms with Gasteiger partial charge in [0, 0.05) is 19.0 Å². The van der Waals surface area contributed by atoms with E-state index in [2.05, 4.69) is 9.97 Å². The second kappa shape index (κ2) is 7.47. The molecule has 142 valence electrons. The molecule has 8 nitrogen and oxygen atoms in total. The molecule has 0 aromatic carbocycles. The molecule has 2 heterocycles. The highest BCUT2D eigenvalue weighted by atomic mass is 16.4. The Labute approximate surface area is 150 Å². The van der Waals surface area contributed by atoms with Crippen LogP contribution in [0, 0.1) is 5.92 Å². The predicted octanol–water partition coefficient (Wildman–Crippen LogP) is 2.06. The van der Waals surface area contributed by atoms with Crippen LogP contribution in [0.2, 0.25) is 0 Å². The Kier molecular flexibility index (Phi) is 5.29. The third-order valence-electron chi connectivity index (χ3n) is 5.21. The number of H-pyrrole nitrogens is 1. The van der Waals surface area contributed by atoms with Crippen LogP contribution in [0.5, 0.6) is 0 Å². The Balaban J connectivity index is 2.20. The lowest BCUT2D eigenvalue weighted by molar-refractivity contribution is -0.143. The summed E-state index contributed by atoms with van der Waals surface area (Å²) < 4.78 is 2.78. The number of rotatable bonds is 6. The van der Waals surface area contributed by atoms with Crippen molar-refractivity contribution < 1.29 is 9.90 Å². The number of aryl methyl sites for hydroxylation is 1. The zero-order valence-electron chi connectivity index (χ0n) is 15.3. The molecule has 1 aliphatic carbocycles. The molecule has 0 amide bonds. The highest BCUT2D eigenvalue weighted by Crippen LogP contribution is 2.37. The van der Waals surface area contributed by atoms with Crippen LogP contribution in [0.15, 0.2) is 9.59 Å². The average Bonchev–Trinajstić information content (AvgIpc) is 3.07. The van der Waals surface area contributed by atoms with Gasteiger partial charge in [-0.2, -0.15) is 0 Å². The van der Waals surface area contributed by atoms with Crippen molar-refractivity contribution in [2.45, 2.75) is 71.4 Å². The number of aromatic amines is 1. The SMILES string of the molecule is CCCn1c(=O)c2[nH]c([C@@H]3CCCC[C@@H]3C(=O)O)nc2n(CCC)c1=O. The summed E-state index contributed by atoms with van der Waals surface area (Å²) in [7, 11) is 0. The van der Waals surface area contributed by atoms with Crippen molar-refractivity contribution in [2.75, 3.05) is 0 Å². The van der Waals surface area contributed by atoms with Gasteiger partial charge in [-0.25, -0.2) is 9.78 Å². The van der Waals surface area contributed by atoms with Crippen LogP contribution >= 0.6 is 0 Å². The monoisotopic (exact) mass is 362 g/mol. The van der Waals surface area contributed by atoms with Gasteiger partial charge in [-0.15, -0.1) is 0 Å². The first-order valence-electron chi connectivity index (χ1n) is 9.45. The van der Waals surface area contributed by atoms with E-state index in [9.17, 15) is 19.5 Å². The van der Waals surface area contributed by atoms with E-state index in [0.29, 0.717) is 42.9 Å². The molecule has 2 aromatic heterocycles. The summed E-state index contributed by atoms with van der Waals surface area (Å²) in [6.45, 7) is 4.70. The molecule has 0 unspecified atom stereocenters. The van der Waals surface area contributed by atoms with Gasteiger partial charge in [0.05, 0.1) is 5.92 Å². The molecule has 26 heavy (non-hydrogen) atoms. The maximum Gasteiger partial charge on any atom is 0.332 e. The number of aliphatic carboxylic acids is 1. The van der Waals surface area contributed by atoms with E-state index < -0.39 is 11.9 Å². The maximum absolute atomic E-state index is 12.8. The fraction of sp³-hybridized carbons (Fsp3) is 0.667. The summed E-state index contributed by atoms with van der Waals surface area (Å²) >= 11 is 0. The van der Waals surface area contributed by atoms with Crippen LogP contribution < -0.4 is 11.2 Å². The van der Waals surface area contributed by atoms with Gasteiger partial charge in [-0.1, -0.05) is 26.7 Å². The number of carbonyl (C=O) groups is 1. The minimum absolute atomic E-state index is 0.252. The van der Waals surface area contributed by atoms with Gasteiger partial charge in [-0.05, 0) is 25.7 Å². The predicted molar refractivity (Wildman–Crippen MR) is 97.5 cm³/mol. The number of aromatic nitrogens is 4. The molecule has 2 N–H and O–H groups in total. The lowest BCUT2D eigenvalue weighted by atomic mass is 9.79. The Morgan fingerprint density at radius 3 is 2.46 bits per heavy atom. The molecule has 2 aromatic rings. The Bertz CT molecular complexity index is 924. The van der Waals surface area contributed by atoms with Crippen LogP contribution in [-0.2, 0) is 17.9 Å². The summed E-state index contributed by atoms with van der Waals surface area (Å²) in [5, 5.41) is 9.53. The standard InChI is InChI=1S/C18H26N4O4/c1-3-9-21-15-13(16(23)22(10-4-2)18(21)26)19-14(20-15)11-7-5-6-8-12(11)17(24)25/h11-12H,3-10H2,1-2H3,(H,19,20)(H,24,25)/t11-,12+/m1/s1. The van der Waals surface area contributed by atoms with E-state index in [-0.39, 0.29) is 17.2 Å². The van der Waals surface area contributed by atoms with Gasteiger partial charge >= 0.3 is 11.7 Å². The summed E-state index contributed by atoms with van der Waals surface area (Å²) in [6, 6.07) is 0. The second-order valence-electron chi connectivity index (χ2n) is 7.05. The van der Waals surface area contributed by atoms with Gasteiger partial charge in [0.2, 0.25) is 0 Å². The quantitative estimate of drug-likeness (QED) is 0.817. The third-order valence-corrected chi connectivity index (χ3v) is 5.21. The first kappa shape index (κ1) is 18.4. The molecule has 0 radical (unpaired) electrons. The second-order valence-corrected chi connectivity index (χ2v) is 7.05. The van der Waals surface area contributed by atoms with E-state index in [0.717, 1.165) is 25.7 Å². The minimum atomic E-state index is -0.829. The number of nitrogens with one attached hydrogen (secondary N) is 1. The highest BCUT2D eigenvalue weighted by molar-refractivity contribution is 5.73. The van der Waals surface area contributed by atoms with Gasteiger partial charge in [0.1, 0.15) is 11.3 Å². The maximum atomic E-state index is 12.8. The van der Waals surface area contributed by atoms with Gasteiger partial charge in [0.15, 0.2) is 5.65 Å². The summed E-state index contributed by atoms with van der Waals surface area (Å²) in [5.41, 5.74) is -0.0709. The number of hydrogen-bond donors (Lipinski definition) is 2. The third kappa shape index (κ3) is 3.08. The number of imidazole rings is 1. The molecule has 0 aliphatic heterocycles. The van der Waals surface area contributed by atoms with Crippen LogP contribution in [-0.4, -0.2) is 30.2 Å². The van der Waals surface area contributed by atoms with E-state index in [1.165, 1.54) is 9.13 Å². The van der Waals surface area contributed by atoms with Crippen LogP contribution in [0.1, 0.15) is 64.1 Å². The van der Waals surface area contributed by atoms with E-state index in [1.54, 1.807) is 0 Å². The molecular formula is C18H26N4O4. The van der Waals surface area contributed by atoms with Crippen molar-refractivity contribution in [1.29, 1.82) is 0 Å². The fourth-order valence-corrected chi connectivity index (χ4v) is 3.96. The zero-order valence-corrected chi connectivity index (χ0v) is 15.3. The Morgan fingerprint density at radius 1 is 1.15 bits per heavy atom.